The third-order valence-corrected chi connectivity index (χ3v) is 2.57. The Morgan fingerprint density at radius 3 is 3.18 bits per heavy atom. The second-order valence-electron chi connectivity index (χ2n) is 1.92. The van der Waals surface area contributed by atoms with Gasteiger partial charge in [0.1, 0.15) is 4.88 Å². The molecule has 0 atom stereocenters. The van der Waals surface area contributed by atoms with Crippen molar-refractivity contribution in [3.8, 4) is 0 Å². The number of carbonyl (C=O) groups is 1. The number of nitrogens with zero attached hydrogens (tertiary/aromatic N) is 1. The van der Waals surface area contributed by atoms with Crippen LogP contribution in [0.5, 0.6) is 0 Å². The number of aromatic nitrogens is 1. The molecule has 0 saturated carbocycles. The van der Waals surface area contributed by atoms with Crippen LogP contribution in [0.15, 0.2) is 6.20 Å². The van der Waals surface area contributed by atoms with Crippen molar-refractivity contribution in [1.82, 2.24) is 4.37 Å². The molecule has 0 radical (unpaired) electrons. The lowest BCUT2D eigenvalue weighted by Crippen LogP contribution is -1.95. The molecular formula is C6H7NO2S2. The van der Waals surface area contributed by atoms with Crippen molar-refractivity contribution in [3.63, 3.8) is 0 Å². The summed E-state index contributed by atoms with van der Waals surface area (Å²) in [6.45, 7) is 0. The number of carboxylic acids is 1. The van der Waals surface area contributed by atoms with Gasteiger partial charge in [-0.1, -0.05) is 0 Å². The summed E-state index contributed by atoms with van der Waals surface area (Å²) in [5, 5.41) is 8.64. The minimum absolute atomic E-state index is 0.361. The van der Waals surface area contributed by atoms with Gasteiger partial charge >= 0.3 is 5.97 Å². The maximum absolute atomic E-state index is 10.5. The van der Waals surface area contributed by atoms with E-state index < -0.39 is 5.97 Å². The van der Waals surface area contributed by atoms with Crippen molar-refractivity contribution in [2.75, 3.05) is 6.26 Å². The van der Waals surface area contributed by atoms with Gasteiger partial charge in [-0.15, -0.1) is 0 Å². The molecule has 1 heterocycles. The van der Waals surface area contributed by atoms with Crippen LogP contribution in [-0.4, -0.2) is 21.7 Å². The van der Waals surface area contributed by atoms with E-state index in [4.69, 9.17) is 5.11 Å². The molecule has 0 amide bonds. The molecule has 0 aliphatic heterocycles. The third-order valence-electron chi connectivity index (χ3n) is 1.14. The molecule has 1 aromatic heterocycles. The summed E-state index contributed by atoms with van der Waals surface area (Å²) in [5.41, 5.74) is 0.815. The first kappa shape index (κ1) is 8.55. The van der Waals surface area contributed by atoms with Gasteiger partial charge in [-0.05, 0) is 17.8 Å². The Kier molecular flexibility index (Phi) is 2.90. The third kappa shape index (κ3) is 1.94. The first-order valence-corrected chi connectivity index (χ1v) is 5.08. The lowest BCUT2D eigenvalue weighted by molar-refractivity contribution is 0.0701. The number of rotatable bonds is 3. The van der Waals surface area contributed by atoms with Gasteiger partial charge in [-0.25, -0.2) is 4.79 Å². The van der Waals surface area contributed by atoms with Crippen molar-refractivity contribution >= 4 is 29.3 Å². The van der Waals surface area contributed by atoms with Crippen molar-refractivity contribution in [3.05, 3.63) is 16.6 Å². The Bertz CT molecular complexity index is 259. The van der Waals surface area contributed by atoms with Crippen molar-refractivity contribution in [2.45, 2.75) is 5.75 Å². The summed E-state index contributed by atoms with van der Waals surface area (Å²) in [5.74, 6) is -0.158. The minimum Gasteiger partial charge on any atom is -0.477 e. The topological polar surface area (TPSA) is 50.2 Å². The van der Waals surface area contributed by atoms with Crippen LogP contribution >= 0.6 is 23.3 Å². The fraction of sp³-hybridized carbons (Fsp3) is 0.333. The molecule has 0 bridgehead atoms. The van der Waals surface area contributed by atoms with E-state index in [1.807, 2.05) is 6.26 Å². The van der Waals surface area contributed by atoms with E-state index >= 15 is 0 Å². The molecule has 0 unspecified atom stereocenters. The highest BCUT2D eigenvalue weighted by molar-refractivity contribution is 7.97. The zero-order valence-corrected chi connectivity index (χ0v) is 7.54. The molecule has 0 aliphatic carbocycles. The van der Waals surface area contributed by atoms with Crippen LogP contribution in [0.4, 0.5) is 0 Å². The summed E-state index contributed by atoms with van der Waals surface area (Å²) in [4.78, 5) is 10.9. The SMILES string of the molecule is CSCc1cnsc1C(=O)O. The summed E-state index contributed by atoms with van der Waals surface area (Å²) in [7, 11) is 0. The molecular weight excluding hydrogens is 182 g/mol. The molecule has 0 fully saturated rings. The summed E-state index contributed by atoms with van der Waals surface area (Å²) in [6, 6.07) is 0. The van der Waals surface area contributed by atoms with Crippen LogP contribution in [0.25, 0.3) is 0 Å². The van der Waals surface area contributed by atoms with E-state index in [1.165, 1.54) is 0 Å². The van der Waals surface area contributed by atoms with Crippen molar-refractivity contribution in [1.29, 1.82) is 0 Å². The first-order chi connectivity index (χ1) is 5.25. The highest BCUT2D eigenvalue weighted by atomic mass is 32.2. The van der Waals surface area contributed by atoms with Gasteiger partial charge in [0.2, 0.25) is 0 Å². The quantitative estimate of drug-likeness (QED) is 0.786. The normalized spacial score (nSPS) is 9.91. The van der Waals surface area contributed by atoms with Crippen LogP contribution in [0.2, 0.25) is 0 Å². The lowest BCUT2D eigenvalue weighted by Gasteiger charge is -1.92. The van der Waals surface area contributed by atoms with Crippen LogP contribution in [0.3, 0.4) is 0 Å². The van der Waals surface area contributed by atoms with Gasteiger partial charge in [-0.3, -0.25) is 0 Å². The number of aromatic carboxylic acids is 1. The Hall–Kier alpha value is -0.550. The monoisotopic (exact) mass is 189 g/mol. The Morgan fingerprint density at radius 1 is 1.91 bits per heavy atom. The molecule has 0 aliphatic rings. The first-order valence-electron chi connectivity index (χ1n) is 2.91. The second-order valence-corrected chi connectivity index (χ2v) is 3.59. The largest absolute Gasteiger partial charge is 0.477 e. The highest BCUT2D eigenvalue weighted by Gasteiger charge is 2.11. The van der Waals surface area contributed by atoms with Gasteiger partial charge in [0, 0.05) is 17.5 Å². The molecule has 5 heteroatoms. The molecule has 1 N–H and O–H groups in total. The van der Waals surface area contributed by atoms with Crippen LogP contribution in [0, 0.1) is 0 Å². The number of hydrogen-bond acceptors (Lipinski definition) is 4. The van der Waals surface area contributed by atoms with E-state index in [0.29, 0.717) is 4.88 Å². The molecule has 11 heavy (non-hydrogen) atoms. The maximum Gasteiger partial charge on any atom is 0.347 e. The zero-order chi connectivity index (χ0) is 8.27. The average Bonchev–Trinajstić information content (AvgIpc) is 2.36. The van der Waals surface area contributed by atoms with Crippen LogP contribution in [-0.2, 0) is 5.75 Å². The fourth-order valence-corrected chi connectivity index (χ4v) is 1.92. The Morgan fingerprint density at radius 2 is 2.64 bits per heavy atom. The molecule has 3 nitrogen and oxygen atoms in total. The summed E-state index contributed by atoms with van der Waals surface area (Å²) >= 11 is 2.63. The van der Waals surface area contributed by atoms with Gasteiger partial charge in [0.05, 0.1) is 0 Å². The number of thioether (sulfide) groups is 1. The summed E-state index contributed by atoms with van der Waals surface area (Å²) < 4.78 is 3.81. The van der Waals surface area contributed by atoms with E-state index in [2.05, 4.69) is 4.37 Å². The van der Waals surface area contributed by atoms with Gasteiger partial charge in [0.25, 0.3) is 0 Å². The van der Waals surface area contributed by atoms with Gasteiger partial charge < -0.3 is 5.11 Å². The predicted molar refractivity (Wildman–Crippen MR) is 46.3 cm³/mol. The predicted octanol–water partition coefficient (Wildman–Crippen LogP) is 1.70. The highest BCUT2D eigenvalue weighted by Crippen LogP contribution is 2.17. The standard InChI is InChI=1S/C6H7NO2S2/c1-10-3-4-2-7-11-5(4)6(8)9/h2H,3H2,1H3,(H,8,9). The van der Waals surface area contributed by atoms with E-state index in [1.54, 1.807) is 18.0 Å². The zero-order valence-electron chi connectivity index (χ0n) is 5.90. The smallest absolute Gasteiger partial charge is 0.347 e. The van der Waals surface area contributed by atoms with Crippen LogP contribution in [0.1, 0.15) is 15.2 Å². The second kappa shape index (κ2) is 3.73. The Labute approximate surface area is 72.6 Å². The molecule has 1 rings (SSSR count). The molecule has 1 aromatic rings. The maximum atomic E-state index is 10.5. The van der Waals surface area contributed by atoms with E-state index in [0.717, 1.165) is 22.8 Å². The van der Waals surface area contributed by atoms with Gasteiger partial charge in [-0.2, -0.15) is 16.1 Å². The van der Waals surface area contributed by atoms with Crippen molar-refractivity contribution < 1.29 is 9.90 Å². The molecule has 0 aromatic carbocycles. The minimum atomic E-state index is -0.878. The fourth-order valence-electron chi connectivity index (χ4n) is 0.695. The number of carboxylic acid groups (broad SMARTS) is 1. The number of hydrogen-bond donors (Lipinski definition) is 1. The van der Waals surface area contributed by atoms with E-state index in [9.17, 15) is 4.79 Å². The lowest BCUT2D eigenvalue weighted by atomic mass is 10.3. The van der Waals surface area contributed by atoms with Gasteiger partial charge in [0.15, 0.2) is 0 Å². The summed E-state index contributed by atoms with van der Waals surface area (Å²) in [6.07, 6.45) is 3.55. The molecule has 0 saturated heterocycles. The average molecular weight is 189 g/mol. The molecule has 60 valence electrons. The van der Waals surface area contributed by atoms with Crippen molar-refractivity contribution in [2.24, 2.45) is 0 Å². The van der Waals surface area contributed by atoms with Crippen LogP contribution < -0.4 is 0 Å². The van der Waals surface area contributed by atoms with E-state index in [-0.39, 0.29) is 0 Å². The molecule has 0 spiro atoms. The Balaban J connectivity index is 2.87.